The minimum atomic E-state index is -1.22. The van der Waals surface area contributed by atoms with Crippen molar-refractivity contribution in [3.63, 3.8) is 0 Å². The zero-order valence-electron chi connectivity index (χ0n) is 18.0. The fraction of sp³-hybridized carbons (Fsp3) is 0.412. The van der Waals surface area contributed by atoms with Gasteiger partial charge in [-0.1, -0.05) is 11.8 Å². The molecule has 0 aromatic carbocycles. The third-order valence-electron chi connectivity index (χ3n) is 5.02. The molecule has 2 aromatic rings. The van der Waals surface area contributed by atoms with E-state index in [4.69, 9.17) is 17.4 Å². The van der Waals surface area contributed by atoms with Gasteiger partial charge in [0.05, 0.1) is 12.1 Å². The Kier molecular flexibility index (Phi) is 7.48. The Morgan fingerprint density at radius 2 is 2.20 bits per heavy atom. The number of amides is 3. The quantitative estimate of drug-likeness (QED) is 0.148. The van der Waals surface area contributed by atoms with E-state index >= 15 is 0 Å². The van der Waals surface area contributed by atoms with Gasteiger partial charge in [0, 0.05) is 23.9 Å². The van der Waals surface area contributed by atoms with Crippen LogP contribution in [-0.2, 0) is 32.6 Å². The van der Waals surface area contributed by atoms with Crippen molar-refractivity contribution in [3.05, 3.63) is 27.1 Å². The number of aryl methyl sites for hydroxylation is 1. The van der Waals surface area contributed by atoms with Crippen LogP contribution in [0.25, 0.3) is 0 Å². The number of halogens is 1. The number of carbonyl (C=O) groups is 4. The lowest BCUT2D eigenvalue weighted by Crippen LogP contribution is -2.70. The SMILES string of the molecule is Cn1nnnc1SCC1=C(C(=O)O)N2C(=O)[C@@H](NC(=O)Cc3csc(=NC(=O)CCl)n3N)C2SC1. The Morgan fingerprint density at radius 1 is 1.43 bits per heavy atom. The number of carboxylic acid groups (broad SMARTS) is 1. The van der Waals surface area contributed by atoms with Crippen LogP contribution in [0.3, 0.4) is 0 Å². The van der Waals surface area contributed by atoms with Gasteiger partial charge in [-0.05, 0) is 16.0 Å². The van der Waals surface area contributed by atoms with Crippen LogP contribution < -0.4 is 16.0 Å². The van der Waals surface area contributed by atoms with Gasteiger partial charge >= 0.3 is 5.97 Å². The van der Waals surface area contributed by atoms with E-state index in [9.17, 15) is 24.3 Å². The van der Waals surface area contributed by atoms with Crippen LogP contribution >= 0.6 is 46.5 Å². The summed E-state index contributed by atoms with van der Waals surface area (Å²) in [6.45, 7) is 0. The molecule has 1 saturated heterocycles. The molecule has 2 aromatic heterocycles. The maximum absolute atomic E-state index is 12.8. The first-order valence-electron chi connectivity index (χ1n) is 9.83. The molecule has 0 aliphatic carbocycles. The Labute approximate surface area is 214 Å². The lowest BCUT2D eigenvalue weighted by Gasteiger charge is -2.49. The summed E-state index contributed by atoms with van der Waals surface area (Å²) in [6, 6.07) is -0.870. The van der Waals surface area contributed by atoms with Crippen molar-refractivity contribution in [1.29, 1.82) is 0 Å². The molecule has 2 aliphatic rings. The van der Waals surface area contributed by atoms with Crippen LogP contribution in [0, 0.1) is 0 Å². The van der Waals surface area contributed by atoms with Crippen LogP contribution in [0.2, 0.25) is 0 Å². The standard InChI is InChI=1S/C17H18ClN9O5S3/c1-25-17(22-23-24-25)34-5-7-4-33-14-11(13(30)26(14)12(7)15(31)32)20-9(28)2-8-6-35-16(27(8)19)21-10(29)3-18/h6,11,14H,2-5,19H2,1H3,(H,20,28)(H,31,32)/t11-,14?/m1/s1. The van der Waals surface area contributed by atoms with E-state index in [0.29, 0.717) is 27.9 Å². The molecule has 0 saturated carbocycles. The van der Waals surface area contributed by atoms with E-state index in [1.165, 1.54) is 33.1 Å². The number of carboxylic acids is 1. The van der Waals surface area contributed by atoms with Crippen LogP contribution in [0.15, 0.2) is 26.8 Å². The molecule has 0 bridgehead atoms. The molecule has 0 radical (unpaired) electrons. The summed E-state index contributed by atoms with van der Waals surface area (Å²) in [5.41, 5.74) is 0.868. The van der Waals surface area contributed by atoms with E-state index in [1.807, 2.05) is 0 Å². The number of nitrogens with one attached hydrogen (secondary N) is 1. The number of fused-ring (bicyclic) bond motifs is 1. The number of nitrogens with two attached hydrogens (primary N) is 1. The molecule has 186 valence electrons. The topological polar surface area (TPSA) is 191 Å². The van der Waals surface area contributed by atoms with Crippen LogP contribution in [-0.4, -0.2) is 87.4 Å². The van der Waals surface area contributed by atoms with Gasteiger partial charge in [-0.3, -0.25) is 19.3 Å². The van der Waals surface area contributed by atoms with E-state index in [1.54, 1.807) is 12.4 Å². The summed E-state index contributed by atoms with van der Waals surface area (Å²) in [4.78, 5) is 53.9. The molecule has 2 aliphatic heterocycles. The first kappa shape index (κ1) is 25.2. The van der Waals surface area contributed by atoms with Crippen molar-refractivity contribution in [2.75, 3.05) is 23.2 Å². The predicted molar refractivity (Wildman–Crippen MR) is 127 cm³/mol. The largest absolute Gasteiger partial charge is 0.477 e. The van der Waals surface area contributed by atoms with Gasteiger partial charge in [0.25, 0.3) is 11.8 Å². The maximum Gasteiger partial charge on any atom is 0.352 e. The molecular weight excluding hydrogens is 542 g/mol. The smallest absolute Gasteiger partial charge is 0.352 e. The van der Waals surface area contributed by atoms with Crippen molar-refractivity contribution in [2.24, 2.45) is 12.0 Å². The second-order valence-electron chi connectivity index (χ2n) is 7.28. The second-order valence-corrected chi connectivity index (χ2v) is 10.4. The highest BCUT2D eigenvalue weighted by molar-refractivity contribution is 8.01. The van der Waals surface area contributed by atoms with Gasteiger partial charge < -0.3 is 16.3 Å². The van der Waals surface area contributed by atoms with Crippen molar-refractivity contribution in [3.8, 4) is 0 Å². The van der Waals surface area contributed by atoms with Gasteiger partial charge in [-0.15, -0.1) is 39.8 Å². The van der Waals surface area contributed by atoms with Crippen molar-refractivity contribution < 1.29 is 24.3 Å². The van der Waals surface area contributed by atoms with Crippen LogP contribution in [0.4, 0.5) is 0 Å². The number of nitrogens with zero attached hydrogens (tertiary/aromatic N) is 7. The molecule has 18 heteroatoms. The minimum absolute atomic E-state index is 0.0836. The lowest BCUT2D eigenvalue weighted by molar-refractivity contribution is -0.150. The third-order valence-corrected chi connectivity index (χ3v) is 8.57. The summed E-state index contributed by atoms with van der Waals surface area (Å²) >= 11 is 9.14. The molecule has 0 spiro atoms. The highest BCUT2D eigenvalue weighted by Gasteiger charge is 2.54. The summed E-state index contributed by atoms with van der Waals surface area (Å²) in [7, 11) is 1.67. The zero-order valence-corrected chi connectivity index (χ0v) is 21.2. The molecule has 4 N–H and O–H groups in total. The van der Waals surface area contributed by atoms with E-state index in [-0.39, 0.29) is 22.8 Å². The van der Waals surface area contributed by atoms with Crippen molar-refractivity contribution in [2.45, 2.75) is 23.0 Å². The highest BCUT2D eigenvalue weighted by atomic mass is 35.5. The molecular formula is C17H18ClN9O5S3. The highest BCUT2D eigenvalue weighted by Crippen LogP contribution is 2.41. The minimum Gasteiger partial charge on any atom is -0.477 e. The number of β-lactam (4-membered cyclic amide) rings is 1. The summed E-state index contributed by atoms with van der Waals surface area (Å²) < 4.78 is 2.58. The molecule has 4 rings (SSSR count). The molecule has 4 heterocycles. The number of tetrazole rings is 1. The fourth-order valence-electron chi connectivity index (χ4n) is 3.38. The lowest BCUT2D eigenvalue weighted by atomic mass is 10.0. The van der Waals surface area contributed by atoms with Gasteiger partial charge in [-0.25, -0.2) is 14.2 Å². The summed E-state index contributed by atoms with van der Waals surface area (Å²) in [6.07, 6.45) is -0.159. The zero-order chi connectivity index (χ0) is 25.3. The molecule has 1 unspecified atom stereocenters. The van der Waals surface area contributed by atoms with Crippen LogP contribution in [0.5, 0.6) is 0 Å². The number of aliphatic carboxylic acids is 1. The number of carbonyl (C=O) groups excluding carboxylic acids is 3. The third kappa shape index (κ3) is 5.07. The van der Waals surface area contributed by atoms with E-state index in [0.717, 1.165) is 16.0 Å². The monoisotopic (exact) mass is 559 g/mol. The van der Waals surface area contributed by atoms with Gasteiger partial charge in [0.15, 0.2) is 0 Å². The number of hydrogen-bond acceptors (Lipinski definition) is 11. The Morgan fingerprint density at radius 3 is 2.86 bits per heavy atom. The Hall–Kier alpha value is -2.89. The summed E-state index contributed by atoms with van der Waals surface area (Å²) in [5.74, 6) is 3.50. The average molecular weight is 560 g/mol. The Balaban J connectivity index is 1.42. The first-order chi connectivity index (χ1) is 16.7. The Bertz CT molecular complexity index is 1300. The summed E-state index contributed by atoms with van der Waals surface area (Å²) in [5, 5.41) is 25.1. The predicted octanol–water partition coefficient (Wildman–Crippen LogP) is -1.47. The van der Waals surface area contributed by atoms with Crippen molar-refractivity contribution in [1.82, 2.24) is 35.1 Å². The number of thioether (sulfide) groups is 2. The molecule has 1 fully saturated rings. The maximum atomic E-state index is 12.8. The number of hydrogen-bond donors (Lipinski definition) is 3. The number of aromatic nitrogens is 5. The first-order valence-corrected chi connectivity index (χ1v) is 13.3. The van der Waals surface area contributed by atoms with Crippen LogP contribution in [0.1, 0.15) is 5.69 Å². The molecule has 3 amide bonds. The van der Waals surface area contributed by atoms with Crippen molar-refractivity contribution >= 4 is 70.2 Å². The fourth-order valence-corrected chi connectivity index (χ4v) is 6.60. The average Bonchev–Trinajstić information content (AvgIpc) is 3.40. The molecule has 2 atom stereocenters. The van der Waals surface area contributed by atoms with E-state index in [2.05, 4.69) is 25.8 Å². The molecule has 14 nitrogen and oxygen atoms in total. The van der Waals surface area contributed by atoms with Gasteiger partial charge in [0.1, 0.15) is 23.0 Å². The molecule has 35 heavy (non-hydrogen) atoms. The van der Waals surface area contributed by atoms with E-state index < -0.39 is 35.1 Å². The number of nitrogen functional groups attached to an aromatic ring is 1. The number of rotatable bonds is 8. The normalized spacial score (nSPS) is 20.0. The van der Waals surface area contributed by atoms with Gasteiger partial charge in [0.2, 0.25) is 15.9 Å². The second kappa shape index (κ2) is 10.4. The number of thiazole rings is 1. The van der Waals surface area contributed by atoms with Gasteiger partial charge in [-0.2, -0.15) is 4.99 Å². The number of alkyl halides is 1.